The lowest BCUT2D eigenvalue weighted by molar-refractivity contribution is 0.385. The number of hydrogen-bond donors (Lipinski definition) is 0. The van der Waals surface area contributed by atoms with E-state index in [2.05, 4.69) is 20.5 Å². The smallest absolute Gasteiger partial charge is 0.231 e. The minimum Gasteiger partial charge on any atom is -0.339 e. The van der Waals surface area contributed by atoms with Crippen LogP contribution in [-0.4, -0.2) is 25.1 Å². The molecular weight excluding hydrogens is 309 g/mol. The van der Waals surface area contributed by atoms with Crippen molar-refractivity contribution in [2.75, 3.05) is 0 Å². The average Bonchev–Trinajstić information content (AvgIpc) is 3.23. The fourth-order valence-electron chi connectivity index (χ4n) is 2.56. The maximum Gasteiger partial charge on any atom is 0.231 e. The monoisotopic (exact) mass is 323 g/mol. The van der Waals surface area contributed by atoms with E-state index in [4.69, 9.17) is 4.52 Å². The van der Waals surface area contributed by atoms with Crippen LogP contribution in [0.4, 0.5) is 4.39 Å². The van der Waals surface area contributed by atoms with Crippen LogP contribution in [0.25, 0.3) is 22.4 Å². The number of aryl methyl sites for hydroxylation is 1. The third-order valence-corrected chi connectivity index (χ3v) is 3.81. The van der Waals surface area contributed by atoms with Gasteiger partial charge in [-0.05, 0) is 42.8 Å². The van der Waals surface area contributed by atoms with Gasteiger partial charge >= 0.3 is 0 Å². The molecule has 2 aromatic carbocycles. The highest BCUT2D eigenvalue weighted by atomic mass is 19.1. The first kappa shape index (κ1) is 14.5. The highest BCUT2D eigenvalue weighted by Gasteiger charge is 2.12. The van der Waals surface area contributed by atoms with E-state index in [1.54, 1.807) is 12.1 Å². The van der Waals surface area contributed by atoms with Crippen molar-refractivity contribution in [3.05, 3.63) is 59.7 Å². The molecule has 0 aliphatic heterocycles. The van der Waals surface area contributed by atoms with E-state index < -0.39 is 0 Å². The summed E-state index contributed by atoms with van der Waals surface area (Å²) in [4.78, 5) is 4.42. The van der Waals surface area contributed by atoms with E-state index in [1.807, 2.05) is 29.8 Å². The van der Waals surface area contributed by atoms with Crippen LogP contribution in [0, 0.1) is 5.82 Å². The largest absolute Gasteiger partial charge is 0.339 e. The number of rotatable bonds is 4. The first-order valence-electron chi connectivity index (χ1n) is 7.63. The van der Waals surface area contributed by atoms with Crippen molar-refractivity contribution in [3.63, 3.8) is 0 Å². The highest BCUT2D eigenvalue weighted by Crippen LogP contribution is 2.22. The van der Waals surface area contributed by atoms with Gasteiger partial charge in [-0.15, -0.1) is 5.10 Å². The lowest BCUT2D eigenvalue weighted by Gasteiger charge is -1.98. The molecule has 120 valence electrons. The van der Waals surface area contributed by atoms with Crippen LogP contribution in [0.5, 0.6) is 0 Å². The molecule has 0 saturated carbocycles. The SMILES string of the molecule is CCn1nnc2ccc(-c3noc(Cc4ccc(F)cc4)n3)cc21. The number of aromatic nitrogens is 5. The van der Waals surface area contributed by atoms with Gasteiger partial charge in [0, 0.05) is 12.1 Å². The molecule has 0 aliphatic carbocycles. The Labute approximate surface area is 136 Å². The third kappa shape index (κ3) is 2.64. The summed E-state index contributed by atoms with van der Waals surface area (Å²) in [5.41, 5.74) is 3.51. The number of hydrogen-bond acceptors (Lipinski definition) is 5. The Bertz CT molecular complexity index is 990. The van der Waals surface area contributed by atoms with Gasteiger partial charge in [0.25, 0.3) is 0 Å². The van der Waals surface area contributed by atoms with Crippen LogP contribution in [0.1, 0.15) is 18.4 Å². The first-order chi connectivity index (χ1) is 11.7. The molecule has 0 radical (unpaired) electrons. The lowest BCUT2D eigenvalue weighted by Crippen LogP contribution is -1.96. The van der Waals surface area contributed by atoms with Crippen LogP contribution in [0.2, 0.25) is 0 Å². The first-order valence-corrected chi connectivity index (χ1v) is 7.63. The highest BCUT2D eigenvalue weighted by molar-refractivity contribution is 5.79. The van der Waals surface area contributed by atoms with Crippen molar-refractivity contribution >= 4 is 11.0 Å². The molecule has 7 heteroatoms. The zero-order valence-corrected chi connectivity index (χ0v) is 13.0. The molecule has 0 spiro atoms. The maximum atomic E-state index is 13.0. The molecule has 4 rings (SSSR count). The normalized spacial score (nSPS) is 11.2. The maximum absolute atomic E-state index is 13.0. The minimum atomic E-state index is -0.264. The second-order valence-electron chi connectivity index (χ2n) is 5.42. The Balaban J connectivity index is 1.63. The molecule has 2 aromatic heterocycles. The van der Waals surface area contributed by atoms with Crippen LogP contribution >= 0.6 is 0 Å². The zero-order valence-electron chi connectivity index (χ0n) is 13.0. The molecular formula is C17H14FN5O. The number of halogens is 1. The molecule has 2 heterocycles. The predicted molar refractivity (Wildman–Crippen MR) is 85.7 cm³/mol. The van der Waals surface area contributed by atoms with Gasteiger partial charge in [0.2, 0.25) is 11.7 Å². The molecule has 0 unspecified atom stereocenters. The van der Waals surface area contributed by atoms with E-state index in [1.165, 1.54) is 12.1 Å². The molecule has 0 N–H and O–H groups in total. The Morgan fingerprint density at radius 1 is 1.12 bits per heavy atom. The molecule has 24 heavy (non-hydrogen) atoms. The van der Waals surface area contributed by atoms with Crippen LogP contribution in [0.3, 0.4) is 0 Å². The summed E-state index contributed by atoms with van der Waals surface area (Å²) >= 11 is 0. The van der Waals surface area contributed by atoms with E-state index in [-0.39, 0.29) is 5.82 Å². The van der Waals surface area contributed by atoms with E-state index in [0.717, 1.165) is 28.7 Å². The summed E-state index contributed by atoms with van der Waals surface area (Å²) in [7, 11) is 0. The standard InChI is InChI=1S/C17H14FN5O/c1-2-23-15-10-12(5-8-14(15)20-22-23)17-19-16(24-21-17)9-11-3-6-13(18)7-4-11/h3-8,10H,2,9H2,1H3. The Kier molecular flexibility index (Phi) is 3.53. The van der Waals surface area contributed by atoms with Crippen LogP contribution < -0.4 is 0 Å². The van der Waals surface area contributed by atoms with Gasteiger partial charge in [-0.25, -0.2) is 9.07 Å². The summed E-state index contributed by atoms with van der Waals surface area (Å²) in [6, 6.07) is 12.0. The Morgan fingerprint density at radius 2 is 1.96 bits per heavy atom. The summed E-state index contributed by atoms with van der Waals surface area (Å²) in [6.45, 7) is 2.75. The van der Waals surface area contributed by atoms with E-state index >= 15 is 0 Å². The number of benzene rings is 2. The minimum absolute atomic E-state index is 0.264. The van der Waals surface area contributed by atoms with E-state index in [0.29, 0.717) is 18.1 Å². The molecule has 4 aromatic rings. The van der Waals surface area contributed by atoms with Gasteiger partial charge < -0.3 is 4.52 Å². The van der Waals surface area contributed by atoms with Crippen molar-refractivity contribution in [1.82, 2.24) is 25.1 Å². The van der Waals surface area contributed by atoms with Crippen molar-refractivity contribution in [1.29, 1.82) is 0 Å². The van der Waals surface area contributed by atoms with Gasteiger partial charge in [-0.1, -0.05) is 22.5 Å². The number of nitrogens with zero attached hydrogens (tertiary/aromatic N) is 5. The third-order valence-electron chi connectivity index (χ3n) is 3.81. The molecule has 0 amide bonds. The average molecular weight is 323 g/mol. The van der Waals surface area contributed by atoms with Crippen LogP contribution in [0.15, 0.2) is 47.0 Å². The van der Waals surface area contributed by atoms with Crippen molar-refractivity contribution < 1.29 is 8.91 Å². The molecule has 0 saturated heterocycles. The number of fused-ring (bicyclic) bond motifs is 1. The van der Waals surface area contributed by atoms with Gasteiger partial charge in [-0.2, -0.15) is 4.98 Å². The fraction of sp³-hybridized carbons (Fsp3) is 0.176. The second kappa shape index (κ2) is 5.84. The van der Waals surface area contributed by atoms with Crippen molar-refractivity contribution in [3.8, 4) is 11.4 Å². The molecule has 0 fully saturated rings. The zero-order chi connectivity index (χ0) is 16.5. The molecule has 0 atom stereocenters. The van der Waals surface area contributed by atoms with E-state index in [9.17, 15) is 4.39 Å². The van der Waals surface area contributed by atoms with Crippen LogP contribution in [-0.2, 0) is 13.0 Å². The summed E-state index contributed by atoms with van der Waals surface area (Å²) < 4.78 is 20.1. The summed E-state index contributed by atoms with van der Waals surface area (Å²) in [6.07, 6.45) is 0.462. The summed E-state index contributed by atoms with van der Waals surface area (Å²) in [5.74, 6) is 0.733. The Morgan fingerprint density at radius 3 is 2.75 bits per heavy atom. The topological polar surface area (TPSA) is 69.6 Å². The molecule has 0 bridgehead atoms. The quantitative estimate of drug-likeness (QED) is 0.577. The molecule has 6 nitrogen and oxygen atoms in total. The predicted octanol–water partition coefficient (Wildman–Crippen LogP) is 3.23. The molecule has 0 aliphatic rings. The lowest BCUT2D eigenvalue weighted by atomic mass is 10.1. The Hall–Kier alpha value is -3.09. The van der Waals surface area contributed by atoms with Gasteiger partial charge in [0.1, 0.15) is 11.3 Å². The van der Waals surface area contributed by atoms with Crippen molar-refractivity contribution in [2.24, 2.45) is 0 Å². The van der Waals surface area contributed by atoms with Gasteiger partial charge in [0.15, 0.2) is 0 Å². The fourth-order valence-corrected chi connectivity index (χ4v) is 2.56. The van der Waals surface area contributed by atoms with Crippen molar-refractivity contribution in [2.45, 2.75) is 19.9 Å². The second-order valence-corrected chi connectivity index (χ2v) is 5.42. The van der Waals surface area contributed by atoms with Gasteiger partial charge in [0.05, 0.1) is 11.9 Å². The summed E-state index contributed by atoms with van der Waals surface area (Å²) in [5, 5.41) is 12.2. The van der Waals surface area contributed by atoms with Gasteiger partial charge in [-0.3, -0.25) is 0 Å².